The van der Waals surface area contributed by atoms with Crippen LogP contribution in [-0.2, 0) is 0 Å². The van der Waals surface area contributed by atoms with Crippen molar-refractivity contribution in [3.05, 3.63) is 71.3 Å². The van der Waals surface area contributed by atoms with Crippen LogP contribution in [0.1, 0.15) is 22.9 Å². The molecule has 0 aliphatic carbocycles. The molecule has 5 heteroatoms. The molecule has 1 unspecified atom stereocenters. The SMILES string of the molecule is Nc1cc(C#Cc2ccc(C(N)NO)cc2)c2ccccc2n1. The highest BCUT2D eigenvalue weighted by molar-refractivity contribution is 5.86. The third-order valence-electron chi connectivity index (χ3n) is 3.49. The van der Waals surface area contributed by atoms with Crippen LogP contribution in [0.25, 0.3) is 10.9 Å². The van der Waals surface area contributed by atoms with Gasteiger partial charge in [-0.2, -0.15) is 5.48 Å². The van der Waals surface area contributed by atoms with Crippen molar-refractivity contribution >= 4 is 16.7 Å². The quantitative estimate of drug-likeness (QED) is 0.330. The summed E-state index contributed by atoms with van der Waals surface area (Å²) < 4.78 is 0. The van der Waals surface area contributed by atoms with E-state index in [4.69, 9.17) is 16.7 Å². The second kappa shape index (κ2) is 6.46. The van der Waals surface area contributed by atoms with E-state index in [1.807, 2.05) is 54.0 Å². The van der Waals surface area contributed by atoms with Crippen LogP contribution in [0.5, 0.6) is 0 Å². The smallest absolute Gasteiger partial charge is 0.125 e. The summed E-state index contributed by atoms with van der Waals surface area (Å²) in [7, 11) is 0. The average Bonchev–Trinajstić information content (AvgIpc) is 2.59. The maximum absolute atomic E-state index is 8.82. The predicted octanol–water partition coefficient (Wildman–Crippen LogP) is 2.15. The van der Waals surface area contributed by atoms with Crippen LogP contribution in [0, 0.1) is 11.8 Å². The van der Waals surface area contributed by atoms with Crippen LogP contribution in [-0.4, -0.2) is 10.2 Å². The Bertz CT molecular complexity index is 894. The summed E-state index contributed by atoms with van der Waals surface area (Å²) in [6.45, 7) is 0. The number of rotatable bonds is 2. The van der Waals surface area contributed by atoms with E-state index in [0.717, 1.165) is 27.6 Å². The fourth-order valence-corrected chi connectivity index (χ4v) is 2.29. The molecular formula is C18H16N4O. The Hall–Kier alpha value is -2.91. The van der Waals surface area contributed by atoms with Gasteiger partial charge in [0.05, 0.1) is 5.52 Å². The topological polar surface area (TPSA) is 97.2 Å². The molecular weight excluding hydrogens is 288 g/mol. The molecule has 0 aliphatic heterocycles. The molecule has 0 radical (unpaired) electrons. The Kier molecular flexibility index (Phi) is 4.22. The molecule has 0 saturated heterocycles. The molecule has 6 N–H and O–H groups in total. The van der Waals surface area contributed by atoms with Gasteiger partial charge in [0.2, 0.25) is 0 Å². The number of nitrogen functional groups attached to an aromatic ring is 1. The van der Waals surface area contributed by atoms with Crippen LogP contribution in [0.3, 0.4) is 0 Å². The van der Waals surface area contributed by atoms with Gasteiger partial charge in [-0.25, -0.2) is 4.98 Å². The highest BCUT2D eigenvalue weighted by atomic mass is 16.5. The number of hydrogen-bond acceptors (Lipinski definition) is 5. The number of fused-ring (bicyclic) bond motifs is 1. The first-order chi connectivity index (χ1) is 11.2. The lowest BCUT2D eigenvalue weighted by atomic mass is 10.1. The first-order valence-corrected chi connectivity index (χ1v) is 7.10. The van der Waals surface area contributed by atoms with Crippen LogP contribution in [0.2, 0.25) is 0 Å². The number of nitrogens with two attached hydrogens (primary N) is 2. The maximum Gasteiger partial charge on any atom is 0.125 e. The van der Waals surface area contributed by atoms with Crippen molar-refractivity contribution in [1.82, 2.24) is 10.5 Å². The summed E-state index contributed by atoms with van der Waals surface area (Å²) in [5, 5.41) is 9.79. The van der Waals surface area contributed by atoms with E-state index in [1.54, 1.807) is 6.07 Å². The van der Waals surface area contributed by atoms with Crippen LogP contribution in [0.4, 0.5) is 5.82 Å². The maximum atomic E-state index is 8.82. The molecule has 0 bridgehead atoms. The Morgan fingerprint density at radius 2 is 1.78 bits per heavy atom. The van der Waals surface area contributed by atoms with Gasteiger partial charge in [0, 0.05) is 16.5 Å². The van der Waals surface area contributed by atoms with Crippen molar-refractivity contribution < 1.29 is 5.21 Å². The second-order valence-electron chi connectivity index (χ2n) is 5.09. The van der Waals surface area contributed by atoms with Crippen LogP contribution >= 0.6 is 0 Å². The number of hydroxylamine groups is 1. The first kappa shape index (κ1) is 15.0. The minimum Gasteiger partial charge on any atom is -0.384 e. The fraction of sp³-hybridized carbons (Fsp3) is 0.0556. The van der Waals surface area contributed by atoms with E-state index in [2.05, 4.69) is 16.8 Å². The lowest BCUT2D eigenvalue weighted by molar-refractivity contribution is 0.128. The minimum absolute atomic E-state index is 0.448. The van der Waals surface area contributed by atoms with Gasteiger partial charge in [0.25, 0.3) is 0 Å². The van der Waals surface area contributed by atoms with E-state index in [-0.39, 0.29) is 0 Å². The molecule has 3 aromatic rings. The normalized spacial score (nSPS) is 11.7. The van der Waals surface area contributed by atoms with E-state index < -0.39 is 6.17 Å². The van der Waals surface area contributed by atoms with E-state index in [9.17, 15) is 0 Å². The van der Waals surface area contributed by atoms with Crippen LogP contribution < -0.4 is 16.9 Å². The Balaban J connectivity index is 1.96. The average molecular weight is 304 g/mol. The zero-order valence-corrected chi connectivity index (χ0v) is 12.3. The van der Waals surface area contributed by atoms with Crippen molar-refractivity contribution in [2.45, 2.75) is 6.17 Å². The van der Waals surface area contributed by atoms with Crippen molar-refractivity contribution in [3.63, 3.8) is 0 Å². The van der Waals surface area contributed by atoms with Crippen molar-refractivity contribution in [3.8, 4) is 11.8 Å². The monoisotopic (exact) mass is 304 g/mol. The van der Waals surface area contributed by atoms with E-state index >= 15 is 0 Å². The molecule has 1 heterocycles. The summed E-state index contributed by atoms with van der Waals surface area (Å²) >= 11 is 0. The molecule has 23 heavy (non-hydrogen) atoms. The number of benzene rings is 2. The zero-order chi connectivity index (χ0) is 16.2. The molecule has 114 valence electrons. The van der Waals surface area contributed by atoms with Crippen LogP contribution in [0.15, 0.2) is 54.6 Å². The number of aromatic nitrogens is 1. The summed E-state index contributed by atoms with van der Waals surface area (Å²) in [6, 6.07) is 16.9. The number of nitrogens with one attached hydrogen (secondary N) is 1. The third kappa shape index (κ3) is 3.30. The van der Waals surface area contributed by atoms with Crippen molar-refractivity contribution in [2.75, 3.05) is 5.73 Å². The molecule has 1 atom stereocenters. The minimum atomic E-state index is -0.610. The van der Waals surface area contributed by atoms with Gasteiger partial charge in [0.15, 0.2) is 0 Å². The fourth-order valence-electron chi connectivity index (χ4n) is 2.29. The standard InChI is InChI=1S/C18H16N4O/c19-17-11-14(15-3-1-2-4-16(15)21-17)10-7-12-5-8-13(9-6-12)18(20)22-23/h1-6,8-9,11,18,22-23H,20H2,(H2,19,21). The largest absolute Gasteiger partial charge is 0.384 e. The van der Waals surface area contributed by atoms with Crippen molar-refractivity contribution in [2.24, 2.45) is 5.73 Å². The second-order valence-corrected chi connectivity index (χ2v) is 5.09. The molecule has 5 nitrogen and oxygen atoms in total. The van der Waals surface area contributed by atoms with Gasteiger partial charge >= 0.3 is 0 Å². The zero-order valence-electron chi connectivity index (χ0n) is 12.3. The first-order valence-electron chi connectivity index (χ1n) is 7.10. The number of pyridine rings is 1. The predicted molar refractivity (Wildman–Crippen MR) is 90.4 cm³/mol. The lowest BCUT2D eigenvalue weighted by Crippen LogP contribution is -2.25. The Labute approximate surface area is 133 Å². The molecule has 1 aromatic heterocycles. The number of anilines is 1. The van der Waals surface area contributed by atoms with Gasteiger partial charge < -0.3 is 16.7 Å². The summed E-state index contributed by atoms with van der Waals surface area (Å²) in [5.41, 5.74) is 16.8. The van der Waals surface area contributed by atoms with Gasteiger partial charge in [-0.15, -0.1) is 0 Å². The number of para-hydroxylation sites is 1. The van der Waals surface area contributed by atoms with Gasteiger partial charge in [-0.05, 0) is 29.8 Å². The molecule has 3 rings (SSSR count). The molecule has 0 saturated carbocycles. The highest BCUT2D eigenvalue weighted by Crippen LogP contribution is 2.18. The molecule has 0 aliphatic rings. The number of hydrogen-bond donors (Lipinski definition) is 4. The van der Waals surface area contributed by atoms with E-state index in [0.29, 0.717) is 5.82 Å². The van der Waals surface area contributed by atoms with Gasteiger partial charge in [0.1, 0.15) is 12.0 Å². The molecule has 0 spiro atoms. The van der Waals surface area contributed by atoms with Crippen molar-refractivity contribution in [1.29, 1.82) is 0 Å². The Morgan fingerprint density at radius 1 is 1.04 bits per heavy atom. The summed E-state index contributed by atoms with van der Waals surface area (Å²) in [5.74, 6) is 6.70. The molecule has 0 amide bonds. The lowest BCUT2D eigenvalue weighted by Gasteiger charge is -2.08. The third-order valence-corrected chi connectivity index (χ3v) is 3.49. The molecule has 2 aromatic carbocycles. The summed E-state index contributed by atoms with van der Waals surface area (Å²) in [4.78, 5) is 4.30. The van der Waals surface area contributed by atoms with E-state index in [1.165, 1.54) is 0 Å². The molecule has 0 fully saturated rings. The highest BCUT2D eigenvalue weighted by Gasteiger charge is 2.03. The summed E-state index contributed by atoms with van der Waals surface area (Å²) in [6.07, 6.45) is -0.610. The Morgan fingerprint density at radius 3 is 2.52 bits per heavy atom. The van der Waals surface area contributed by atoms with Gasteiger partial charge in [-0.1, -0.05) is 42.2 Å². The number of nitrogens with zero attached hydrogens (tertiary/aromatic N) is 1. The van der Waals surface area contributed by atoms with Gasteiger partial charge in [-0.3, -0.25) is 0 Å².